The SMILES string of the molecule is O=C(O)c1ccc2cccc([O-])c2n1. The number of nitrogens with zero attached hydrogens (tertiary/aromatic N) is 1. The Bertz CT molecular complexity index is 508. The number of para-hydroxylation sites is 1. The number of aromatic nitrogens is 1. The van der Waals surface area contributed by atoms with Crippen molar-refractivity contribution in [1.82, 2.24) is 4.98 Å². The largest absolute Gasteiger partial charge is 0.871 e. The summed E-state index contributed by atoms with van der Waals surface area (Å²) in [6.45, 7) is 0. The second kappa shape index (κ2) is 2.99. The van der Waals surface area contributed by atoms with E-state index in [0.717, 1.165) is 0 Å². The number of carboxylic acid groups (broad SMARTS) is 1. The van der Waals surface area contributed by atoms with E-state index in [9.17, 15) is 9.90 Å². The molecule has 0 unspecified atom stereocenters. The van der Waals surface area contributed by atoms with Gasteiger partial charge in [0.2, 0.25) is 0 Å². The van der Waals surface area contributed by atoms with Gasteiger partial charge in [-0.3, -0.25) is 0 Å². The molecule has 0 saturated carbocycles. The molecule has 2 aromatic rings. The molecule has 0 aliphatic heterocycles. The van der Waals surface area contributed by atoms with Gasteiger partial charge in [0.15, 0.2) is 0 Å². The van der Waals surface area contributed by atoms with Crippen molar-refractivity contribution in [1.29, 1.82) is 0 Å². The first-order valence-electron chi connectivity index (χ1n) is 3.98. The maximum Gasteiger partial charge on any atom is 0.354 e. The zero-order chi connectivity index (χ0) is 10.1. The maximum absolute atomic E-state index is 11.3. The van der Waals surface area contributed by atoms with Crippen LogP contribution in [0.1, 0.15) is 10.5 Å². The summed E-state index contributed by atoms with van der Waals surface area (Å²) in [5, 5.41) is 20.6. The molecule has 1 aromatic heterocycles. The Kier molecular flexibility index (Phi) is 1.81. The molecule has 0 bridgehead atoms. The number of pyridine rings is 1. The number of hydrogen-bond donors (Lipinski definition) is 1. The molecule has 0 aliphatic rings. The summed E-state index contributed by atoms with van der Waals surface area (Å²) in [4.78, 5) is 14.4. The fourth-order valence-electron chi connectivity index (χ4n) is 1.24. The van der Waals surface area contributed by atoms with Gasteiger partial charge in [-0.2, -0.15) is 0 Å². The van der Waals surface area contributed by atoms with Crippen LogP contribution in [0.15, 0.2) is 30.3 Å². The normalized spacial score (nSPS) is 10.3. The van der Waals surface area contributed by atoms with E-state index in [1.165, 1.54) is 12.1 Å². The number of carbonyl (C=O) groups is 1. The second-order valence-electron chi connectivity index (χ2n) is 2.83. The Morgan fingerprint density at radius 2 is 2.07 bits per heavy atom. The topological polar surface area (TPSA) is 73.2 Å². The van der Waals surface area contributed by atoms with Crippen LogP contribution in [0, 0.1) is 0 Å². The van der Waals surface area contributed by atoms with Gasteiger partial charge in [0.25, 0.3) is 0 Å². The van der Waals surface area contributed by atoms with Crippen LogP contribution in [0.3, 0.4) is 0 Å². The lowest BCUT2D eigenvalue weighted by Gasteiger charge is -2.08. The average molecular weight is 188 g/mol. The van der Waals surface area contributed by atoms with Crippen LogP contribution in [0.5, 0.6) is 5.75 Å². The molecule has 4 heteroatoms. The third-order valence-electron chi connectivity index (χ3n) is 1.90. The molecule has 14 heavy (non-hydrogen) atoms. The minimum atomic E-state index is -1.13. The average Bonchev–Trinajstić information content (AvgIpc) is 2.18. The maximum atomic E-state index is 11.3. The van der Waals surface area contributed by atoms with Crippen molar-refractivity contribution in [3.63, 3.8) is 0 Å². The number of hydrogen-bond acceptors (Lipinski definition) is 3. The lowest BCUT2D eigenvalue weighted by atomic mass is 10.2. The van der Waals surface area contributed by atoms with Crippen LogP contribution < -0.4 is 5.11 Å². The van der Waals surface area contributed by atoms with Crippen molar-refractivity contribution >= 4 is 16.9 Å². The smallest absolute Gasteiger partial charge is 0.354 e. The third kappa shape index (κ3) is 1.26. The number of fused-ring (bicyclic) bond motifs is 1. The van der Waals surface area contributed by atoms with Gasteiger partial charge < -0.3 is 10.2 Å². The van der Waals surface area contributed by atoms with E-state index in [0.29, 0.717) is 5.39 Å². The molecule has 4 nitrogen and oxygen atoms in total. The number of carboxylic acids is 1. The van der Waals surface area contributed by atoms with E-state index in [1.807, 2.05) is 0 Å². The van der Waals surface area contributed by atoms with Gasteiger partial charge in [-0.05, 0) is 11.5 Å². The standard InChI is InChI=1S/C10H7NO3/c12-8-3-1-2-6-4-5-7(10(13)14)11-9(6)8/h1-5,12H,(H,13,14)/p-1. The van der Waals surface area contributed by atoms with E-state index in [4.69, 9.17) is 5.11 Å². The Morgan fingerprint density at radius 1 is 1.29 bits per heavy atom. The van der Waals surface area contributed by atoms with E-state index < -0.39 is 5.97 Å². The molecule has 0 radical (unpaired) electrons. The first-order chi connectivity index (χ1) is 6.68. The summed E-state index contributed by atoms with van der Waals surface area (Å²) in [5.74, 6) is -1.39. The molecule has 1 heterocycles. The van der Waals surface area contributed by atoms with Crippen molar-refractivity contribution in [2.45, 2.75) is 0 Å². The predicted molar refractivity (Wildman–Crippen MR) is 48.1 cm³/mol. The van der Waals surface area contributed by atoms with Gasteiger partial charge in [-0.15, -0.1) is 0 Å². The summed E-state index contributed by atoms with van der Waals surface area (Å²) >= 11 is 0. The van der Waals surface area contributed by atoms with Crippen LogP contribution >= 0.6 is 0 Å². The highest BCUT2D eigenvalue weighted by atomic mass is 16.4. The van der Waals surface area contributed by atoms with E-state index >= 15 is 0 Å². The van der Waals surface area contributed by atoms with Crippen molar-refractivity contribution in [2.75, 3.05) is 0 Å². The van der Waals surface area contributed by atoms with Crippen molar-refractivity contribution in [3.8, 4) is 5.75 Å². The van der Waals surface area contributed by atoms with Crippen molar-refractivity contribution in [3.05, 3.63) is 36.0 Å². The van der Waals surface area contributed by atoms with Gasteiger partial charge in [0.1, 0.15) is 5.69 Å². The highest BCUT2D eigenvalue weighted by molar-refractivity contribution is 5.91. The fraction of sp³-hybridized carbons (Fsp3) is 0. The molecular formula is C10H6NO3-. The molecule has 0 spiro atoms. The van der Waals surface area contributed by atoms with Crippen LogP contribution in [-0.4, -0.2) is 16.1 Å². The Labute approximate surface area is 79.4 Å². The molecule has 70 valence electrons. The Balaban J connectivity index is 2.76. The molecule has 0 amide bonds. The minimum Gasteiger partial charge on any atom is -0.871 e. The molecule has 1 aromatic carbocycles. The van der Waals surface area contributed by atoms with E-state index in [2.05, 4.69) is 4.98 Å². The summed E-state index contributed by atoms with van der Waals surface area (Å²) in [6, 6.07) is 7.65. The lowest BCUT2D eigenvalue weighted by Crippen LogP contribution is -2.01. The summed E-state index contributed by atoms with van der Waals surface area (Å²) in [7, 11) is 0. The molecular weight excluding hydrogens is 182 g/mol. The first kappa shape index (κ1) is 8.50. The minimum absolute atomic E-state index is 0.110. The highest BCUT2D eigenvalue weighted by Crippen LogP contribution is 2.19. The quantitative estimate of drug-likeness (QED) is 0.724. The van der Waals surface area contributed by atoms with Crippen molar-refractivity contribution in [2.24, 2.45) is 0 Å². The van der Waals surface area contributed by atoms with Gasteiger partial charge in [0.05, 0.1) is 5.52 Å². The lowest BCUT2D eigenvalue weighted by molar-refractivity contribution is -0.266. The van der Waals surface area contributed by atoms with Gasteiger partial charge >= 0.3 is 5.97 Å². The Hall–Kier alpha value is -2.10. The monoisotopic (exact) mass is 188 g/mol. The predicted octanol–water partition coefficient (Wildman–Crippen LogP) is 1.01. The van der Waals surface area contributed by atoms with Gasteiger partial charge in [-0.25, -0.2) is 9.78 Å². The van der Waals surface area contributed by atoms with Crippen LogP contribution in [0.2, 0.25) is 0 Å². The third-order valence-corrected chi connectivity index (χ3v) is 1.90. The number of aromatic carboxylic acids is 1. The molecule has 1 N–H and O–H groups in total. The highest BCUT2D eigenvalue weighted by Gasteiger charge is 2.04. The molecule has 0 atom stereocenters. The fourth-order valence-corrected chi connectivity index (χ4v) is 1.24. The Morgan fingerprint density at radius 3 is 2.79 bits per heavy atom. The van der Waals surface area contributed by atoms with Gasteiger partial charge in [0, 0.05) is 0 Å². The molecule has 2 rings (SSSR count). The summed E-state index contributed by atoms with van der Waals surface area (Å²) in [6.07, 6.45) is 0. The van der Waals surface area contributed by atoms with E-state index in [-0.39, 0.29) is 17.0 Å². The van der Waals surface area contributed by atoms with Crippen molar-refractivity contribution < 1.29 is 15.0 Å². The molecule has 0 aliphatic carbocycles. The van der Waals surface area contributed by atoms with Crippen LogP contribution in [0.25, 0.3) is 10.9 Å². The molecule has 0 saturated heterocycles. The zero-order valence-electron chi connectivity index (χ0n) is 7.10. The number of benzene rings is 1. The summed E-state index contributed by atoms with van der Waals surface area (Å²) in [5.41, 5.74) is 0.0909. The number of rotatable bonds is 1. The van der Waals surface area contributed by atoms with E-state index in [1.54, 1.807) is 18.2 Å². The summed E-state index contributed by atoms with van der Waals surface area (Å²) < 4.78 is 0. The van der Waals surface area contributed by atoms with Crippen LogP contribution in [0.4, 0.5) is 0 Å². The van der Waals surface area contributed by atoms with Gasteiger partial charge in [-0.1, -0.05) is 30.0 Å². The molecule has 0 fully saturated rings. The van der Waals surface area contributed by atoms with Crippen LogP contribution in [-0.2, 0) is 0 Å². The first-order valence-corrected chi connectivity index (χ1v) is 3.98. The second-order valence-corrected chi connectivity index (χ2v) is 2.83. The zero-order valence-corrected chi connectivity index (χ0v) is 7.10.